The van der Waals surface area contributed by atoms with Crippen molar-refractivity contribution in [1.29, 1.82) is 0 Å². The molecule has 0 radical (unpaired) electrons. The fourth-order valence-corrected chi connectivity index (χ4v) is 5.15. The van der Waals surface area contributed by atoms with Crippen molar-refractivity contribution in [3.8, 4) is 0 Å². The minimum atomic E-state index is 0.177. The van der Waals surface area contributed by atoms with Crippen LogP contribution in [0.2, 0.25) is 0 Å². The topological polar surface area (TPSA) is 23.6 Å². The van der Waals surface area contributed by atoms with Gasteiger partial charge in [0.1, 0.15) is 0 Å². The van der Waals surface area contributed by atoms with Crippen LogP contribution in [0.15, 0.2) is 108 Å². The van der Waals surface area contributed by atoms with E-state index in [0.717, 1.165) is 54.9 Å². The fourth-order valence-electron chi connectivity index (χ4n) is 5.15. The predicted molar refractivity (Wildman–Crippen MR) is 148 cm³/mol. The second-order valence-electron chi connectivity index (χ2n) is 9.02. The van der Waals surface area contributed by atoms with Crippen molar-refractivity contribution in [1.82, 2.24) is 0 Å². The average molecular weight is 461 g/mol. The summed E-state index contributed by atoms with van der Waals surface area (Å²) in [5.74, 6) is 0.177. The third-order valence-electron chi connectivity index (χ3n) is 6.96. The lowest BCUT2D eigenvalue weighted by Crippen LogP contribution is -2.23. The van der Waals surface area contributed by atoms with E-state index in [1.807, 2.05) is 12.2 Å². The standard InChI is InChI=1S/C32H32N2O/c1-3-33-28(20-16-24-10-5-7-14-30(24)33)22-18-26-12-9-13-27(32(26)35)19-23-29-21-17-25-11-6-8-15-31(25)34(29)4-2/h5-8,10-11,14-23H,3-4,9,12-13H2,1-2H3/b26-18-,27-19+,28-22+,29-23+. The van der Waals surface area contributed by atoms with Gasteiger partial charge >= 0.3 is 0 Å². The van der Waals surface area contributed by atoms with Gasteiger partial charge in [0.05, 0.1) is 0 Å². The molecule has 1 fully saturated rings. The molecule has 0 unspecified atom stereocenters. The van der Waals surface area contributed by atoms with Gasteiger partial charge in [-0.05, 0) is 91.8 Å². The molecule has 0 bridgehead atoms. The van der Waals surface area contributed by atoms with Crippen LogP contribution in [0.3, 0.4) is 0 Å². The van der Waals surface area contributed by atoms with Gasteiger partial charge in [-0.15, -0.1) is 0 Å². The summed E-state index contributed by atoms with van der Waals surface area (Å²) in [5.41, 5.74) is 8.92. The molecule has 35 heavy (non-hydrogen) atoms. The molecule has 2 heterocycles. The van der Waals surface area contributed by atoms with E-state index in [4.69, 9.17) is 0 Å². The van der Waals surface area contributed by atoms with Crippen molar-refractivity contribution >= 4 is 29.3 Å². The quantitative estimate of drug-likeness (QED) is 0.442. The number of rotatable bonds is 4. The number of anilines is 2. The maximum Gasteiger partial charge on any atom is 0.184 e. The molecule has 1 saturated carbocycles. The molecule has 0 atom stereocenters. The third-order valence-corrected chi connectivity index (χ3v) is 6.96. The molecule has 2 aliphatic heterocycles. The zero-order chi connectivity index (χ0) is 24.2. The number of Topliss-reactive ketones (excluding diaryl/α,β-unsaturated/α-hetero) is 1. The van der Waals surface area contributed by atoms with Crippen molar-refractivity contribution in [3.63, 3.8) is 0 Å². The van der Waals surface area contributed by atoms with E-state index in [0.29, 0.717) is 0 Å². The Hall–Kier alpha value is -3.85. The molecule has 0 aromatic heterocycles. The Morgan fingerprint density at radius 2 is 1.11 bits per heavy atom. The Morgan fingerprint density at radius 3 is 1.57 bits per heavy atom. The highest BCUT2D eigenvalue weighted by molar-refractivity contribution is 6.09. The summed E-state index contributed by atoms with van der Waals surface area (Å²) in [6, 6.07) is 16.9. The molecule has 3 aliphatic rings. The summed E-state index contributed by atoms with van der Waals surface area (Å²) in [6.07, 6.45) is 19.5. The first-order chi connectivity index (χ1) is 17.2. The molecule has 3 heteroatoms. The van der Waals surface area contributed by atoms with E-state index in [9.17, 15) is 4.79 Å². The lowest BCUT2D eigenvalue weighted by atomic mass is 9.88. The summed E-state index contributed by atoms with van der Waals surface area (Å²) >= 11 is 0. The Kier molecular flexibility index (Phi) is 6.67. The number of fused-ring (bicyclic) bond motifs is 2. The fraction of sp³-hybridized carbons (Fsp3) is 0.219. The Balaban J connectivity index is 1.38. The van der Waals surface area contributed by atoms with Crippen molar-refractivity contribution in [2.24, 2.45) is 0 Å². The minimum Gasteiger partial charge on any atom is -0.341 e. The number of hydrogen-bond donors (Lipinski definition) is 0. The van der Waals surface area contributed by atoms with Crippen molar-refractivity contribution in [2.45, 2.75) is 33.1 Å². The second-order valence-corrected chi connectivity index (χ2v) is 9.02. The lowest BCUT2D eigenvalue weighted by molar-refractivity contribution is -0.113. The zero-order valence-electron chi connectivity index (χ0n) is 20.6. The van der Waals surface area contributed by atoms with Gasteiger partial charge in [-0.3, -0.25) is 4.79 Å². The van der Waals surface area contributed by atoms with Crippen molar-refractivity contribution < 1.29 is 4.79 Å². The first-order valence-electron chi connectivity index (χ1n) is 12.6. The van der Waals surface area contributed by atoms with Crippen LogP contribution in [0.1, 0.15) is 44.2 Å². The van der Waals surface area contributed by atoms with Gasteiger partial charge in [0.25, 0.3) is 0 Å². The summed E-state index contributed by atoms with van der Waals surface area (Å²) in [5, 5.41) is 0. The molecule has 2 aromatic carbocycles. The Bertz CT molecular complexity index is 1220. The SMILES string of the molecule is CCN1/C(=C/C=C2/CCC/C(=C\C=C3/C=Cc4ccccc4N3CC)C2=O)C=Cc2ccccc21. The molecule has 0 spiro atoms. The number of likely N-dealkylation sites (N-methyl/N-ethyl adjacent to an activating group) is 2. The van der Waals surface area contributed by atoms with Crippen LogP contribution in [0, 0.1) is 0 Å². The van der Waals surface area contributed by atoms with E-state index < -0.39 is 0 Å². The summed E-state index contributed by atoms with van der Waals surface area (Å²) in [6.45, 7) is 6.09. The molecular weight excluding hydrogens is 428 g/mol. The van der Waals surface area contributed by atoms with Gasteiger partial charge < -0.3 is 9.80 Å². The molecule has 3 nitrogen and oxygen atoms in total. The van der Waals surface area contributed by atoms with Crippen molar-refractivity contribution in [3.05, 3.63) is 119 Å². The minimum absolute atomic E-state index is 0.177. The largest absolute Gasteiger partial charge is 0.341 e. The van der Waals surface area contributed by atoms with Crippen LogP contribution in [-0.2, 0) is 4.79 Å². The van der Waals surface area contributed by atoms with E-state index >= 15 is 0 Å². The second kappa shape index (κ2) is 10.2. The van der Waals surface area contributed by atoms with Crippen LogP contribution in [-0.4, -0.2) is 18.9 Å². The van der Waals surface area contributed by atoms with Gasteiger partial charge in [-0.25, -0.2) is 0 Å². The normalized spacial score (nSPS) is 21.8. The van der Waals surface area contributed by atoms with Crippen LogP contribution in [0.25, 0.3) is 12.2 Å². The zero-order valence-corrected chi connectivity index (χ0v) is 20.6. The van der Waals surface area contributed by atoms with Gasteiger partial charge in [-0.2, -0.15) is 0 Å². The van der Waals surface area contributed by atoms with Gasteiger partial charge in [0.2, 0.25) is 0 Å². The molecule has 5 rings (SSSR count). The van der Waals surface area contributed by atoms with Crippen LogP contribution < -0.4 is 9.80 Å². The lowest BCUT2D eigenvalue weighted by Gasteiger charge is -2.29. The number of para-hydroxylation sites is 2. The third kappa shape index (κ3) is 4.59. The molecular formula is C32H32N2O. The maximum atomic E-state index is 13.3. The maximum absolute atomic E-state index is 13.3. The molecule has 0 saturated heterocycles. The number of ketones is 1. The Labute approximate surface area is 208 Å². The number of carbonyl (C=O) groups is 1. The molecule has 0 N–H and O–H groups in total. The van der Waals surface area contributed by atoms with Crippen LogP contribution >= 0.6 is 0 Å². The first-order valence-corrected chi connectivity index (χ1v) is 12.6. The predicted octanol–water partition coefficient (Wildman–Crippen LogP) is 7.47. The number of carbonyl (C=O) groups excluding carboxylic acids is 1. The van der Waals surface area contributed by atoms with E-state index in [1.54, 1.807) is 0 Å². The van der Waals surface area contributed by atoms with Gasteiger partial charge in [-0.1, -0.05) is 60.7 Å². The van der Waals surface area contributed by atoms with Crippen LogP contribution in [0.5, 0.6) is 0 Å². The highest BCUT2D eigenvalue weighted by Crippen LogP contribution is 2.33. The monoisotopic (exact) mass is 460 g/mol. The van der Waals surface area contributed by atoms with Crippen molar-refractivity contribution in [2.75, 3.05) is 22.9 Å². The number of nitrogens with zero attached hydrogens (tertiary/aromatic N) is 2. The molecule has 0 amide bonds. The highest BCUT2D eigenvalue weighted by Gasteiger charge is 2.21. The Morgan fingerprint density at radius 1 is 0.657 bits per heavy atom. The molecule has 176 valence electrons. The molecule has 2 aromatic rings. The smallest absolute Gasteiger partial charge is 0.184 e. The number of hydrogen-bond acceptors (Lipinski definition) is 3. The molecule has 1 aliphatic carbocycles. The average Bonchev–Trinajstić information content (AvgIpc) is 2.91. The summed E-state index contributed by atoms with van der Waals surface area (Å²) < 4.78 is 0. The summed E-state index contributed by atoms with van der Waals surface area (Å²) in [7, 11) is 0. The van der Waals surface area contributed by atoms with E-state index in [1.165, 1.54) is 22.5 Å². The highest BCUT2D eigenvalue weighted by atomic mass is 16.1. The number of benzene rings is 2. The first kappa shape index (κ1) is 22.9. The number of allylic oxidation sites excluding steroid dienone is 8. The van der Waals surface area contributed by atoms with Crippen LogP contribution in [0.4, 0.5) is 11.4 Å². The van der Waals surface area contributed by atoms with Gasteiger partial charge in [0.15, 0.2) is 5.78 Å². The van der Waals surface area contributed by atoms with E-state index in [2.05, 4.69) is 109 Å². The van der Waals surface area contributed by atoms with Gasteiger partial charge in [0, 0.05) is 35.9 Å². The summed E-state index contributed by atoms with van der Waals surface area (Å²) in [4.78, 5) is 17.9. The van der Waals surface area contributed by atoms with E-state index in [-0.39, 0.29) is 5.78 Å².